The molecule has 1 rings (SSSR count). The highest BCUT2D eigenvalue weighted by Crippen LogP contribution is 2.36. The Labute approximate surface area is 127 Å². The zero-order valence-electron chi connectivity index (χ0n) is 12.2. The summed E-state index contributed by atoms with van der Waals surface area (Å²) in [6.45, 7) is 4.76. The molecule has 0 spiro atoms. The maximum Gasteiger partial charge on any atom is 0.322 e. The highest BCUT2D eigenvalue weighted by molar-refractivity contribution is 9.10. The molecule has 6 heteroatoms. The van der Waals surface area contributed by atoms with Crippen LogP contribution in [0.15, 0.2) is 16.6 Å². The second kappa shape index (κ2) is 8.11. The second-order valence-electron chi connectivity index (χ2n) is 4.17. The lowest BCUT2D eigenvalue weighted by Gasteiger charge is -2.15. The summed E-state index contributed by atoms with van der Waals surface area (Å²) in [4.78, 5) is 11.3. The number of carbonyl (C=O) groups is 1. The predicted molar refractivity (Wildman–Crippen MR) is 80.2 cm³/mol. The van der Waals surface area contributed by atoms with Crippen molar-refractivity contribution in [2.24, 2.45) is 0 Å². The van der Waals surface area contributed by atoms with Crippen LogP contribution in [-0.4, -0.2) is 32.8 Å². The maximum absolute atomic E-state index is 11.3. The van der Waals surface area contributed by atoms with Gasteiger partial charge >= 0.3 is 5.97 Å². The summed E-state index contributed by atoms with van der Waals surface area (Å²) in [6, 6.07) is 3.45. The first kappa shape index (κ1) is 16.8. The third-order valence-corrected chi connectivity index (χ3v) is 3.33. The number of nitrogens with one attached hydrogen (secondary N) is 1. The lowest BCUT2D eigenvalue weighted by atomic mass is 10.2. The van der Waals surface area contributed by atoms with Gasteiger partial charge in [0, 0.05) is 6.54 Å². The number of hydrogen-bond acceptors (Lipinski definition) is 5. The molecule has 0 aromatic heterocycles. The molecule has 0 heterocycles. The van der Waals surface area contributed by atoms with Crippen molar-refractivity contribution >= 4 is 21.9 Å². The Bertz CT molecular complexity index is 465. The van der Waals surface area contributed by atoms with E-state index in [0.29, 0.717) is 24.7 Å². The molecule has 1 aromatic rings. The molecule has 0 aliphatic carbocycles. The van der Waals surface area contributed by atoms with Crippen LogP contribution < -0.4 is 14.8 Å². The van der Waals surface area contributed by atoms with Gasteiger partial charge in [-0.3, -0.25) is 4.79 Å². The minimum Gasteiger partial charge on any atom is -0.493 e. The Morgan fingerprint density at radius 3 is 2.65 bits per heavy atom. The molecule has 0 saturated carbocycles. The van der Waals surface area contributed by atoms with Gasteiger partial charge in [0.15, 0.2) is 11.5 Å². The molecule has 0 radical (unpaired) electrons. The molecule has 1 atom stereocenters. The lowest BCUT2D eigenvalue weighted by Crippen LogP contribution is -2.34. The van der Waals surface area contributed by atoms with Crippen molar-refractivity contribution in [2.75, 3.05) is 20.8 Å². The molecular formula is C14H20BrNO4. The molecule has 0 amide bonds. The third-order valence-electron chi connectivity index (χ3n) is 2.75. The van der Waals surface area contributed by atoms with Crippen LogP contribution in [0.3, 0.4) is 0 Å². The Morgan fingerprint density at radius 2 is 2.10 bits per heavy atom. The number of halogens is 1. The number of esters is 1. The number of ether oxygens (including phenoxy) is 3. The number of carbonyl (C=O) groups excluding carboxylic acids is 1. The Balaban J connectivity index is 2.82. The molecule has 0 aliphatic rings. The lowest BCUT2D eigenvalue weighted by molar-refractivity contribution is -0.142. The van der Waals surface area contributed by atoms with Crippen LogP contribution in [0.1, 0.15) is 19.4 Å². The fourth-order valence-electron chi connectivity index (χ4n) is 1.69. The van der Waals surface area contributed by atoms with Crippen molar-refractivity contribution in [3.63, 3.8) is 0 Å². The quantitative estimate of drug-likeness (QED) is 0.769. The first-order valence-corrected chi connectivity index (χ1v) is 7.13. The molecule has 0 saturated heterocycles. The summed E-state index contributed by atoms with van der Waals surface area (Å²) in [5.74, 6) is 1.05. The largest absolute Gasteiger partial charge is 0.493 e. The van der Waals surface area contributed by atoms with Crippen LogP contribution in [0.25, 0.3) is 0 Å². The van der Waals surface area contributed by atoms with Gasteiger partial charge in [-0.1, -0.05) is 0 Å². The first-order chi connectivity index (χ1) is 9.53. The van der Waals surface area contributed by atoms with E-state index in [4.69, 9.17) is 9.47 Å². The topological polar surface area (TPSA) is 56.8 Å². The van der Waals surface area contributed by atoms with E-state index in [1.54, 1.807) is 14.0 Å². The summed E-state index contributed by atoms with van der Waals surface area (Å²) < 4.78 is 16.3. The van der Waals surface area contributed by atoms with E-state index in [1.807, 2.05) is 19.1 Å². The predicted octanol–water partition coefficient (Wildman–Crippen LogP) is 2.51. The highest BCUT2D eigenvalue weighted by atomic mass is 79.9. The molecule has 5 nitrogen and oxygen atoms in total. The fourth-order valence-corrected chi connectivity index (χ4v) is 2.29. The normalized spacial score (nSPS) is 11.8. The number of rotatable bonds is 7. The Hall–Kier alpha value is -1.27. The van der Waals surface area contributed by atoms with Crippen LogP contribution in [0, 0.1) is 0 Å². The highest BCUT2D eigenvalue weighted by Gasteiger charge is 2.14. The van der Waals surface area contributed by atoms with Gasteiger partial charge in [0.05, 0.1) is 25.3 Å². The van der Waals surface area contributed by atoms with Crippen molar-refractivity contribution < 1.29 is 19.0 Å². The van der Waals surface area contributed by atoms with Gasteiger partial charge in [-0.05, 0) is 47.5 Å². The van der Waals surface area contributed by atoms with E-state index in [9.17, 15) is 4.79 Å². The van der Waals surface area contributed by atoms with Crippen LogP contribution in [0.4, 0.5) is 0 Å². The molecule has 1 aromatic carbocycles. The van der Waals surface area contributed by atoms with Gasteiger partial charge in [0.2, 0.25) is 0 Å². The Morgan fingerprint density at radius 1 is 1.40 bits per heavy atom. The van der Waals surface area contributed by atoms with Crippen molar-refractivity contribution in [2.45, 2.75) is 26.4 Å². The molecule has 20 heavy (non-hydrogen) atoms. The summed E-state index contributed by atoms with van der Waals surface area (Å²) in [6.07, 6.45) is 0. The summed E-state index contributed by atoms with van der Waals surface area (Å²) in [5.41, 5.74) is 0.980. The van der Waals surface area contributed by atoms with E-state index in [1.165, 1.54) is 7.11 Å². The second-order valence-corrected chi connectivity index (χ2v) is 5.02. The molecular weight excluding hydrogens is 326 g/mol. The van der Waals surface area contributed by atoms with E-state index < -0.39 is 0 Å². The van der Waals surface area contributed by atoms with Crippen molar-refractivity contribution in [3.05, 3.63) is 22.2 Å². The van der Waals surface area contributed by atoms with Crippen LogP contribution in [-0.2, 0) is 16.1 Å². The minimum atomic E-state index is -0.365. The molecule has 0 aliphatic heterocycles. The number of hydrogen-bond donors (Lipinski definition) is 1. The first-order valence-electron chi connectivity index (χ1n) is 6.33. The van der Waals surface area contributed by atoms with Crippen LogP contribution in [0.5, 0.6) is 11.5 Å². The van der Waals surface area contributed by atoms with Gasteiger partial charge < -0.3 is 19.5 Å². The molecule has 112 valence electrons. The maximum atomic E-state index is 11.3. The van der Waals surface area contributed by atoms with Gasteiger partial charge in [0.1, 0.15) is 6.04 Å². The fraction of sp³-hybridized carbons (Fsp3) is 0.500. The molecule has 1 N–H and O–H groups in total. The van der Waals surface area contributed by atoms with Crippen molar-refractivity contribution in [3.8, 4) is 11.5 Å². The Kier molecular flexibility index (Phi) is 6.81. The van der Waals surface area contributed by atoms with E-state index in [0.717, 1.165) is 10.0 Å². The molecule has 0 bridgehead atoms. The van der Waals surface area contributed by atoms with Gasteiger partial charge in [-0.15, -0.1) is 0 Å². The average Bonchev–Trinajstić information content (AvgIpc) is 2.46. The molecule has 0 unspecified atom stereocenters. The standard InChI is InChI=1S/C14H20BrNO4/c1-5-20-13-11(15)6-10(7-12(13)18-3)8-16-9(2)14(17)19-4/h6-7,9,16H,5,8H2,1-4H3/t9-/m0/s1. The number of methoxy groups -OCH3 is 2. The van der Waals surface area contributed by atoms with E-state index in [2.05, 4.69) is 26.0 Å². The van der Waals surface area contributed by atoms with Crippen LogP contribution in [0.2, 0.25) is 0 Å². The summed E-state index contributed by atoms with van der Waals surface area (Å²) >= 11 is 3.47. The third kappa shape index (κ3) is 4.38. The van der Waals surface area contributed by atoms with E-state index >= 15 is 0 Å². The zero-order valence-corrected chi connectivity index (χ0v) is 13.7. The average molecular weight is 346 g/mol. The number of benzene rings is 1. The van der Waals surface area contributed by atoms with Gasteiger partial charge in [-0.25, -0.2) is 0 Å². The van der Waals surface area contributed by atoms with Gasteiger partial charge in [0.25, 0.3) is 0 Å². The van der Waals surface area contributed by atoms with E-state index in [-0.39, 0.29) is 12.0 Å². The summed E-state index contributed by atoms with van der Waals surface area (Å²) in [5, 5.41) is 3.09. The minimum absolute atomic E-state index is 0.290. The smallest absolute Gasteiger partial charge is 0.322 e. The SMILES string of the molecule is CCOc1c(Br)cc(CN[C@@H](C)C(=O)OC)cc1OC. The van der Waals surface area contributed by atoms with Gasteiger partial charge in [-0.2, -0.15) is 0 Å². The monoisotopic (exact) mass is 345 g/mol. The zero-order chi connectivity index (χ0) is 15.1. The van der Waals surface area contributed by atoms with Crippen molar-refractivity contribution in [1.29, 1.82) is 0 Å². The molecule has 0 fully saturated rings. The summed E-state index contributed by atoms with van der Waals surface area (Å²) in [7, 11) is 2.97. The van der Waals surface area contributed by atoms with Crippen molar-refractivity contribution in [1.82, 2.24) is 5.32 Å². The van der Waals surface area contributed by atoms with Crippen LogP contribution >= 0.6 is 15.9 Å².